The summed E-state index contributed by atoms with van der Waals surface area (Å²) < 4.78 is 0. The van der Waals surface area contributed by atoms with E-state index >= 15 is 0 Å². The lowest BCUT2D eigenvalue weighted by molar-refractivity contribution is 0.168. The number of nitrogens with one attached hydrogen (secondary N) is 2. The van der Waals surface area contributed by atoms with Gasteiger partial charge in [-0.1, -0.05) is 37.3 Å². The van der Waals surface area contributed by atoms with Crippen molar-refractivity contribution < 1.29 is 9.90 Å². The second kappa shape index (κ2) is 7.97. The molecule has 2 aromatic carbocycles. The number of nitrogens with zero attached hydrogens (tertiary/aromatic N) is 1. The lowest BCUT2D eigenvalue weighted by atomic mass is 10.0. The first-order chi connectivity index (χ1) is 12.6. The minimum Gasteiger partial charge on any atom is -0.391 e. The fraction of sp³-hybridized carbons (Fsp3) is 0.238. The highest BCUT2D eigenvalue weighted by Crippen LogP contribution is 2.27. The molecule has 0 spiro atoms. The molecule has 5 heteroatoms. The molecule has 3 N–H and O–H groups in total. The number of benzene rings is 2. The van der Waals surface area contributed by atoms with Crippen LogP contribution in [0.3, 0.4) is 0 Å². The number of fused-ring (bicyclic) bond motifs is 1. The van der Waals surface area contributed by atoms with Gasteiger partial charge in [0.1, 0.15) is 0 Å². The van der Waals surface area contributed by atoms with Crippen LogP contribution in [0.15, 0.2) is 54.6 Å². The molecule has 0 unspecified atom stereocenters. The highest BCUT2D eigenvalue weighted by atomic mass is 16.3. The van der Waals surface area contributed by atoms with E-state index in [2.05, 4.69) is 33.8 Å². The zero-order chi connectivity index (χ0) is 18.5. The Morgan fingerprint density at radius 1 is 1.15 bits per heavy atom. The number of aromatic nitrogens is 1. The molecule has 134 valence electrons. The number of aliphatic hydroxyl groups is 1. The summed E-state index contributed by atoms with van der Waals surface area (Å²) in [7, 11) is 0. The predicted octanol–water partition coefficient (Wildman–Crippen LogP) is 4.10. The third kappa shape index (κ3) is 4.18. The summed E-state index contributed by atoms with van der Waals surface area (Å²) in [5.41, 5.74) is 4.73. The van der Waals surface area contributed by atoms with Gasteiger partial charge in [-0.25, -0.2) is 4.79 Å². The third-order valence-corrected chi connectivity index (χ3v) is 4.32. The molecule has 1 heterocycles. The SMILES string of the molecule is CC[C@@H](O)CNC(=O)Nc1ccc2nc(C)c(-c3ccccc3)cc2c1. The number of urea groups is 1. The Labute approximate surface area is 153 Å². The van der Waals surface area contributed by atoms with Crippen molar-refractivity contribution in [3.63, 3.8) is 0 Å². The third-order valence-electron chi connectivity index (χ3n) is 4.32. The van der Waals surface area contributed by atoms with Crippen LogP contribution in [-0.2, 0) is 0 Å². The van der Waals surface area contributed by atoms with Gasteiger partial charge in [0, 0.05) is 28.9 Å². The maximum atomic E-state index is 12.0. The van der Waals surface area contributed by atoms with Gasteiger partial charge in [-0.05, 0) is 43.2 Å². The van der Waals surface area contributed by atoms with Crippen LogP contribution >= 0.6 is 0 Å². The molecule has 0 aliphatic rings. The van der Waals surface area contributed by atoms with Crippen molar-refractivity contribution in [2.75, 3.05) is 11.9 Å². The zero-order valence-corrected chi connectivity index (χ0v) is 15.0. The minimum absolute atomic E-state index is 0.231. The fourth-order valence-electron chi connectivity index (χ4n) is 2.79. The molecule has 0 radical (unpaired) electrons. The largest absolute Gasteiger partial charge is 0.391 e. The Morgan fingerprint density at radius 2 is 1.92 bits per heavy atom. The van der Waals surface area contributed by atoms with E-state index in [1.54, 1.807) is 0 Å². The van der Waals surface area contributed by atoms with E-state index in [4.69, 9.17) is 0 Å². The Bertz CT molecular complexity index is 910. The maximum absolute atomic E-state index is 12.0. The normalized spacial score (nSPS) is 12.0. The van der Waals surface area contributed by atoms with E-state index in [1.165, 1.54) is 0 Å². The van der Waals surface area contributed by atoms with Gasteiger partial charge < -0.3 is 15.7 Å². The number of pyridine rings is 1. The van der Waals surface area contributed by atoms with Gasteiger partial charge in [-0.2, -0.15) is 0 Å². The van der Waals surface area contributed by atoms with E-state index in [0.717, 1.165) is 27.7 Å². The molecule has 0 bridgehead atoms. The van der Waals surface area contributed by atoms with Crippen molar-refractivity contribution in [1.29, 1.82) is 0 Å². The maximum Gasteiger partial charge on any atom is 0.319 e. The Balaban J connectivity index is 1.83. The first-order valence-corrected chi connectivity index (χ1v) is 8.76. The molecule has 3 rings (SSSR count). The molecule has 1 aromatic heterocycles. The topological polar surface area (TPSA) is 74.2 Å². The predicted molar refractivity (Wildman–Crippen MR) is 105 cm³/mol. The van der Waals surface area contributed by atoms with Crippen molar-refractivity contribution in [3.8, 4) is 11.1 Å². The zero-order valence-electron chi connectivity index (χ0n) is 15.0. The van der Waals surface area contributed by atoms with Crippen molar-refractivity contribution in [3.05, 3.63) is 60.3 Å². The van der Waals surface area contributed by atoms with Crippen LogP contribution in [0.4, 0.5) is 10.5 Å². The van der Waals surface area contributed by atoms with Gasteiger partial charge in [-0.3, -0.25) is 4.98 Å². The van der Waals surface area contributed by atoms with Crippen LogP contribution < -0.4 is 10.6 Å². The summed E-state index contributed by atoms with van der Waals surface area (Å²) >= 11 is 0. The van der Waals surface area contributed by atoms with Crippen LogP contribution in [0.2, 0.25) is 0 Å². The van der Waals surface area contributed by atoms with Gasteiger partial charge >= 0.3 is 6.03 Å². The molecular formula is C21H23N3O2. The molecule has 0 aliphatic heterocycles. The van der Waals surface area contributed by atoms with Crippen molar-refractivity contribution in [2.45, 2.75) is 26.4 Å². The summed E-state index contributed by atoms with van der Waals surface area (Å²) in [6.45, 7) is 4.10. The quantitative estimate of drug-likeness (QED) is 0.649. The molecular weight excluding hydrogens is 326 g/mol. The number of hydrogen-bond donors (Lipinski definition) is 3. The number of carbonyl (C=O) groups is 1. The summed E-state index contributed by atoms with van der Waals surface area (Å²) in [5, 5.41) is 15.9. The summed E-state index contributed by atoms with van der Waals surface area (Å²) in [6, 6.07) is 17.5. The number of hydrogen-bond acceptors (Lipinski definition) is 3. The van der Waals surface area contributed by atoms with Crippen LogP contribution in [0.5, 0.6) is 0 Å². The number of rotatable bonds is 5. The van der Waals surface area contributed by atoms with Crippen molar-refractivity contribution in [1.82, 2.24) is 10.3 Å². The van der Waals surface area contributed by atoms with Crippen LogP contribution in [-0.4, -0.2) is 28.8 Å². The highest BCUT2D eigenvalue weighted by molar-refractivity contribution is 5.93. The van der Waals surface area contributed by atoms with E-state index in [-0.39, 0.29) is 12.6 Å². The number of anilines is 1. The smallest absolute Gasteiger partial charge is 0.319 e. The summed E-state index contributed by atoms with van der Waals surface area (Å²) in [4.78, 5) is 16.6. The van der Waals surface area contributed by atoms with Crippen LogP contribution in [0.25, 0.3) is 22.0 Å². The van der Waals surface area contributed by atoms with Crippen LogP contribution in [0, 0.1) is 6.92 Å². The molecule has 1 atom stereocenters. The molecule has 0 fully saturated rings. The van der Waals surface area contributed by atoms with Crippen molar-refractivity contribution in [2.24, 2.45) is 0 Å². The first kappa shape index (κ1) is 17.9. The summed E-state index contributed by atoms with van der Waals surface area (Å²) in [5.74, 6) is 0. The Morgan fingerprint density at radius 3 is 2.65 bits per heavy atom. The van der Waals surface area contributed by atoms with E-state index in [0.29, 0.717) is 12.1 Å². The van der Waals surface area contributed by atoms with Gasteiger partial charge in [-0.15, -0.1) is 0 Å². The molecule has 3 aromatic rings. The van der Waals surface area contributed by atoms with Gasteiger partial charge in [0.15, 0.2) is 0 Å². The number of amides is 2. The molecule has 2 amide bonds. The molecule has 26 heavy (non-hydrogen) atoms. The standard InChI is InChI=1S/C21H23N3O2/c1-3-18(25)13-22-21(26)24-17-9-10-20-16(11-17)12-19(14(2)23-20)15-7-5-4-6-8-15/h4-12,18,25H,3,13H2,1-2H3,(H2,22,24,26)/t18-/m1/s1. The molecule has 0 saturated carbocycles. The summed E-state index contributed by atoms with van der Waals surface area (Å²) in [6.07, 6.45) is 0.0711. The molecule has 0 saturated heterocycles. The van der Waals surface area contributed by atoms with E-state index in [9.17, 15) is 9.90 Å². The Kier molecular flexibility index (Phi) is 5.49. The molecule has 0 aliphatic carbocycles. The lowest BCUT2D eigenvalue weighted by Gasteiger charge is -2.12. The Hall–Kier alpha value is -2.92. The number of aryl methyl sites for hydroxylation is 1. The van der Waals surface area contributed by atoms with E-state index < -0.39 is 6.10 Å². The fourth-order valence-corrected chi connectivity index (χ4v) is 2.79. The molecule has 5 nitrogen and oxygen atoms in total. The number of carbonyl (C=O) groups excluding carboxylic acids is 1. The van der Waals surface area contributed by atoms with Crippen molar-refractivity contribution >= 4 is 22.6 Å². The van der Waals surface area contributed by atoms with Gasteiger partial charge in [0.25, 0.3) is 0 Å². The lowest BCUT2D eigenvalue weighted by Crippen LogP contribution is -2.34. The monoisotopic (exact) mass is 349 g/mol. The average Bonchev–Trinajstić information content (AvgIpc) is 2.66. The van der Waals surface area contributed by atoms with E-state index in [1.807, 2.05) is 50.2 Å². The van der Waals surface area contributed by atoms with Crippen LogP contribution in [0.1, 0.15) is 19.0 Å². The average molecular weight is 349 g/mol. The van der Waals surface area contributed by atoms with Gasteiger partial charge in [0.2, 0.25) is 0 Å². The second-order valence-electron chi connectivity index (χ2n) is 6.29. The highest BCUT2D eigenvalue weighted by Gasteiger charge is 2.08. The van der Waals surface area contributed by atoms with Gasteiger partial charge in [0.05, 0.1) is 11.6 Å². The second-order valence-corrected chi connectivity index (χ2v) is 6.29. The number of aliphatic hydroxyl groups excluding tert-OH is 1. The first-order valence-electron chi connectivity index (χ1n) is 8.76. The minimum atomic E-state index is -0.530.